The van der Waals surface area contributed by atoms with E-state index in [1.807, 2.05) is 0 Å². The Kier molecular flexibility index (Phi) is 2.69. The van der Waals surface area contributed by atoms with Crippen LogP contribution in [0.15, 0.2) is 0 Å². The van der Waals surface area contributed by atoms with Crippen LogP contribution in [0.25, 0.3) is 0 Å². The van der Waals surface area contributed by atoms with E-state index in [0.717, 1.165) is 0 Å². The minimum atomic E-state index is 0.364. The molecule has 0 fully saturated rings. The normalized spacial score (nSPS) is 5.25. The molecule has 23 valence electrons. The lowest BCUT2D eigenvalue weighted by Gasteiger charge is -1.56. The molecule has 4 heavy (non-hydrogen) atoms. The van der Waals surface area contributed by atoms with E-state index in [4.69, 9.17) is 4.79 Å². The molecule has 0 aromatic heterocycles. The number of hydrogen-bond donors (Lipinski definition) is 1. The molecule has 3 heteroatoms. The monoisotopic (exact) mass is 76.0 g/mol. The highest BCUT2D eigenvalue weighted by molar-refractivity contribution is 7.78. The van der Waals surface area contributed by atoms with Gasteiger partial charge in [-0.15, -0.1) is 0 Å². The van der Waals surface area contributed by atoms with Crippen LogP contribution >= 0.6 is 12.8 Å². The Bertz CT molecular complexity index is 22.0. The van der Waals surface area contributed by atoms with E-state index in [-0.39, 0.29) is 0 Å². The van der Waals surface area contributed by atoms with E-state index in [0.29, 0.717) is 6.41 Å². The van der Waals surface area contributed by atoms with E-state index in [1.54, 1.807) is 0 Å². The Hall–Kier alpha value is -0.180. The Morgan fingerprint density at radius 1 is 2.00 bits per heavy atom. The standard InChI is InChI=1S/CH2NOS/c3-1-2-4/h1,4H. The van der Waals surface area contributed by atoms with Crippen LogP contribution in [0.2, 0.25) is 0 Å². The highest BCUT2D eigenvalue weighted by Crippen LogP contribution is 1.46. The molecule has 0 aromatic rings. The molecule has 0 N–H and O–H groups in total. The van der Waals surface area contributed by atoms with Gasteiger partial charge in [0.2, 0.25) is 6.41 Å². The highest BCUT2D eigenvalue weighted by atomic mass is 32.1. The molecule has 0 saturated carbocycles. The summed E-state index contributed by atoms with van der Waals surface area (Å²) in [6.45, 7) is 0. The van der Waals surface area contributed by atoms with Gasteiger partial charge in [0, 0.05) is 0 Å². The van der Waals surface area contributed by atoms with E-state index in [9.17, 15) is 0 Å². The molecule has 0 rings (SSSR count). The Morgan fingerprint density at radius 2 is 2.25 bits per heavy atom. The number of carbonyl (C=O) groups excluding carboxylic acids is 1. The van der Waals surface area contributed by atoms with Crippen LogP contribution in [0.3, 0.4) is 0 Å². The summed E-state index contributed by atoms with van der Waals surface area (Å²) in [6, 6.07) is 0. The van der Waals surface area contributed by atoms with E-state index < -0.39 is 0 Å². The van der Waals surface area contributed by atoms with E-state index in [1.165, 1.54) is 0 Å². The number of hydrogen-bond acceptors (Lipinski definition) is 2. The molecule has 0 aliphatic rings. The van der Waals surface area contributed by atoms with E-state index in [2.05, 4.69) is 17.5 Å². The van der Waals surface area contributed by atoms with Gasteiger partial charge in [-0.3, -0.25) is 4.79 Å². The number of carbonyl (C=O) groups is 1. The van der Waals surface area contributed by atoms with Gasteiger partial charge in [-0.05, 0) is 12.8 Å². The van der Waals surface area contributed by atoms with Crippen LogP contribution in [-0.2, 0) is 4.79 Å². The van der Waals surface area contributed by atoms with Gasteiger partial charge < -0.3 is 0 Å². The predicted molar refractivity (Wildman–Crippen MR) is 17.2 cm³/mol. The zero-order valence-corrected chi connectivity index (χ0v) is 2.77. The van der Waals surface area contributed by atoms with Crippen molar-refractivity contribution < 1.29 is 4.79 Å². The van der Waals surface area contributed by atoms with Crippen LogP contribution in [0, 0.1) is 0 Å². The second-order valence-electron chi connectivity index (χ2n) is 0.221. The van der Waals surface area contributed by atoms with Gasteiger partial charge in [-0.25, -0.2) is 0 Å². The van der Waals surface area contributed by atoms with Gasteiger partial charge in [0.15, 0.2) is 0 Å². The predicted octanol–water partition coefficient (Wildman–Crippen LogP) is -0.408. The molecule has 0 aliphatic heterocycles. The molecule has 0 aliphatic carbocycles. The Balaban J connectivity index is 2.30. The van der Waals surface area contributed by atoms with Gasteiger partial charge in [0.1, 0.15) is 0 Å². The SMILES string of the molecule is O=C[N]S. The molecular formula is CH2NOS. The van der Waals surface area contributed by atoms with Crippen molar-refractivity contribution in [1.82, 2.24) is 4.72 Å². The van der Waals surface area contributed by atoms with Crippen molar-refractivity contribution in [2.45, 2.75) is 0 Å². The van der Waals surface area contributed by atoms with Crippen molar-refractivity contribution in [3.8, 4) is 0 Å². The van der Waals surface area contributed by atoms with Crippen molar-refractivity contribution in [2.75, 3.05) is 0 Å². The molecule has 0 atom stereocenters. The summed E-state index contributed by atoms with van der Waals surface area (Å²) in [5, 5.41) is 0. The van der Waals surface area contributed by atoms with Gasteiger partial charge in [0.05, 0.1) is 0 Å². The minimum absolute atomic E-state index is 0.364. The first kappa shape index (κ1) is 3.82. The molecule has 0 saturated heterocycles. The van der Waals surface area contributed by atoms with Crippen LogP contribution in [0.1, 0.15) is 0 Å². The maximum atomic E-state index is 8.93. The topological polar surface area (TPSA) is 31.2 Å². The fraction of sp³-hybridized carbons (Fsp3) is 0. The highest BCUT2D eigenvalue weighted by Gasteiger charge is 1.50. The lowest BCUT2D eigenvalue weighted by atomic mass is 11.5. The number of amides is 1. The molecule has 0 spiro atoms. The molecule has 0 aromatic carbocycles. The van der Waals surface area contributed by atoms with Crippen molar-refractivity contribution in [2.24, 2.45) is 0 Å². The molecule has 1 radical (unpaired) electrons. The zero-order chi connectivity index (χ0) is 3.41. The summed E-state index contributed by atoms with van der Waals surface area (Å²) in [5.74, 6) is 0. The quantitative estimate of drug-likeness (QED) is 0.334. The van der Waals surface area contributed by atoms with E-state index >= 15 is 0 Å². The maximum absolute atomic E-state index is 8.93. The second kappa shape index (κ2) is 2.82. The van der Waals surface area contributed by atoms with Crippen molar-refractivity contribution >= 4 is 19.2 Å². The summed E-state index contributed by atoms with van der Waals surface area (Å²) in [5.41, 5.74) is 0. The summed E-state index contributed by atoms with van der Waals surface area (Å²) < 4.78 is 2.75. The zero-order valence-electron chi connectivity index (χ0n) is 1.88. The lowest BCUT2D eigenvalue weighted by molar-refractivity contribution is -0.108. The molecule has 2 nitrogen and oxygen atoms in total. The average molecular weight is 76.1 g/mol. The van der Waals surface area contributed by atoms with Gasteiger partial charge in [-0.2, -0.15) is 4.72 Å². The number of nitrogens with zero attached hydrogens (tertiary/aromatic N) is 1. The fourth-order valence-corrected chi connectivity index (χ4v) is 0. The largest absolute Gasteiger partial charge is 0.276 e. The first-order valence-electron chi connectivity index (χ1n) is 0.694. The molecule has 0 heterocycles. The molecule has 0 unspecified atom stereocenters. The van der Waals surface area contributed by atoms with Crippen molar-refractivity contribution in [3.63, 3.8) is 0 Å². The van der Waals surface area contributed by atoms with Crippen LogP contribution in [-0.4, -0.2) is 6.41 Å². The third-order valence-corrected chi connectivity index (χ3v) is 0.141. The number of rotatable bonds is 1. The van der Waals surface area contributed by atoms with Crippen molar-refractivity contribution in [3.05, 3.63) is 0 Å². The summed E-state index contributed by atoms with van der Waals surface area (Å²) in [7, 11) is 0. The fourth-order valence-electron chi connectivity index (χ4n) is 0. The Labute approximate surface area is 29.7 Å². The Morgan fingerprint density at radius 3 is 2.25 bits per heavy atom. The summed E-state index contributed by atoms with van der Waals surface area (Å²) in [4.78, 5) is 8.93. The smallest absolute Gasteiger partial charge is 0.239 e. The molecule has 1 amide bonds. The lowest BCUT2D eigenvalue weighted by Crippen LogP contribution is -1.75. The summed E-state index contributed by atoms with van der Waals surface area (Å²) >= 11 is 3.18. The first-order chi connectivity index (χ1) is 1.91. The second-order valence-corrected chi connectivity index (χ2v) is 0.452. The maximum Gasteiger partial charge on any atom is 0.239 e. The third-order valence-electron chi connectivity index (χ3n) is 0.0471. The van der Waals surface area contributed by atoms with Crippen LogP contribution in [0.5, 0.6) is 0 Å². The number of thiol groups is 1. The third kappa shape index (κ3) is 1.82. The van der Waals surface area contributed by atoms with Gasteiger partial charge >= 0.3 is 0 Å². The van der Waals surface area contributed by atoms with Crippen LogP contribution in [0.4, 0.5) is 0 Å². The summed E-state index contributed by atoms with van der Waals surface area (Å²) in [6.07, 6.45) is 0.364. The minimum Gasteiger partial charge on any atom is -0.276 e. The van der Waals surface area contributed by atoms with Gasteiger partial charge in [0.25, 0.3) is 0 Å². The average Bonchev–Trinajstić information content (AvgIpc) is 1.37. The molecule has 0 bridgehead atoms. The van der Waals surface area contributed by atoms with Gasteiger partial charge in [-0.1, -0.05) is 0 Å². The first-order valence-corrected chi connectivity index (χ1v) is 1.09. The van der Waals surface area contributed by atoms with Crippen LogP contribution < -0.4 is 4.72 Å². The molecular weight excluding hydrogens is 74.1 g/mol. The van der Waals surface area contributed by atoms with Crippen molar-refractivity contribution in [1.29, 1.82) is 0 Å².